The molecule has 1 amide bonds. The number of hydroxylamine groups is 2. The molecule has 0 saturated carbocycles. The molecule has 0 spiro atoms. The Kier molecular flexibility index (Phi) is 8.14. The molecule has 224 valence electrons. The van der Waals surface area contributed by atoms with Crippen molar-refractivity contribution in [3.8, 4) is 11.1 Å². The lowest BCUT2D eigenvalue weighted by molar-refractivity contribution is -0.255. The van der Waals surface area contributed by atoms with E-state index in [1.165, 1.54) is 18.5 Å². The Morgan fingerprint density at radius 2 is 1.74 bits per heavy atom. The average molecular weight is 626 g/mol. The zero-order chi connectivity index (χ0) is 33.4. The average Bonchev–Trinajstić information content (AvgIpc) is 3.23. The fraction of sp³-hybridized carbons (Fsp3) is 0.433. The first-order valence-electron chi connectivity index (χ1n) is 15.5. The number of aromatic nitrogens is 2. The van der Waals surface area contributed by atoms with Gasteiger partial charge in [-0.05, 0) is 73.2 Å². The number of alkyl halides is 2. The third kappa shape index (κ3) is 5.89. The summed E-state index contributed by atoms with van der Waals surface area (Å²) in [5.41, 5.74) is 0.863. The van der Waals surface area contributed by atoms with Gasteiger partial charge in [-0.15, -0.1) is 0 Å². The van der Waals surface area contributed by atoms with Crippen molar-refractivity contribution in [2.75, 3.05) is 39.5 Å². The maximum atomic E-state index is 18.6. The Balaban J connectivity index is 1.77. The van der Waals surface area contributed by atoms with Crippen LogP contribution in [0.5, 0.6) is 0 Å². The van der Waals surface area contributed by atoms with Crippen LogP contribution < -0.4 is 0 Å². The lowest BCUT2D eigenvalue weighted by Crippen LogP contribution is -2.58. The van der Waals surface area contributed by atoms with Crippen molar-refractivity contribution in [1.29, 1.82) is 0 Å². The smallest absolute Gasteiger partial charge is 0.281 e. The molecule has 1 fully saturated rings. The van der Waals surface area contributed by atoms with Crippen molar-refractivity contribution in [3.63, 3.8) is 0 Å². The predicted octanol–water partition coefficient (Wildman–Crippen LogP) is 4.98. The first-order chi connectivity index (χ1) is 21.7. The van der Waals surface area contributed by atoms with Gasteiger partial charge >= 0.3 is 0 Å². The number of aliphatic hydroxyl groups excluding tert-OH is 1. The van der Waals surface area contributed by atoms with E-state index in [0.717, 1.165) is 0 Å². The Labute approximate surface area is 258 Å². The van der Waals surface area contributed by atoms with E-state index in [1.807, 2.05) is 0 Å². The molecule has 8 nitrogen and oxygen atoms in total. The molecule has 0 aliphatic carbocycles. The quantitative estimate of drug-likeness (QED) is 0.290. The van der Waals surface area contributed by atoms with Crippen LogP contribution in [-0.2, 0) is 17.1 Å². The van der Waals surface area contributed by atoms with E-state index in [0.29, 0.717) is 29.0 Å². The molecule has 0 radical (unpaired) electrons. The summed E-state index contributed by atoms with van der Waals surface area (Å²) >= 11 is 12.2. The Hall–Kier alpha value is -2.73. The van der Waals surface area contributed by atoms with Gasteiger partial charge in [-0.25, -0.2) is 14.4 Å². The summed E-state index contributed by atoms with van der Waals surface area (Å²) in [5, 5.41) is 21.0. The van der Waals surface area contributed by atoms with E-state index in [4.69, 9.17) is 33.5 Å². The van der Waals surface area contributed by atoms with Gasteiger partial charge in [0.05, 0.1) is 41.9 Å². The highest BCUT2D eigenvalue weighted by atomic mass is 35.5. The second-order valence-electron chi connectivity index (χ2n) is 10.3. The van der Waals surface area contributed by atoms with Crippen LogP contribution in [-0.4, -0.2) is 81.6 Å². The summed E-state index contributed by atoms with van der Waals surface area (Å²) in [7, 11) is 0. The van der Waals surface area contributed by atoms with Crippen molar-refractivity contribution in [2.45, 2.75) is 37.5 Å². The number of likely N-dealkylation sites (tertiary alicyclic amines) is 1. The van der Waals surface area contributed by atoms with Gasteiger partial charge in [0.1, 0.15) is 5.82 Å². The van der Waals surface area contributed by atoms with Crippen LogP contribution in [0.1, 0.15) is 52.1 Å². The highest BCUT2D eigenvalue weighted by molar-refractivity contribution is 6.30. The third-order valence-electron chi connectivity index (χ3n) is 7.87. The van der Waals surface area contributed by atoms with Crippen LogP contribution in [0.4, 0.5) is 8.78 Å². The van der Waals surface area contributed by atoms with Crippen molar-refractivity contribution in [3.05, 3.63) is 81.4 Å². The van der Waals surface area contributed by atoms with Gasteiger partial charge in [0.15, 0.2) is 0 Å². The second-order valence-corrected chi connectivity index (χ2v) is 11.1. The molecule has 2 N–H and O–H groups in total. The number of halogens is 4. The number of carbonyl (C=O) groups excluding carboxylic acids is 1. The molecule has 2 aliphatic rings. The highest BCUT2D eigenvalue weighted by Gasteiger charge is 2.59. The molecule has 2 atom stereocenters. The Morgan fingerprint density at radius 1 is 1.07 bits per heavy atom. The predicted molar refractivity (Wildman–Crippen MR) is 154 cm³/mol. The van der Waals surface area contributed by atoms with Gasteiger partial charge < -0.3 is 10.2 Å². The van der Waals surface area contributed by atoms with E-state index in [-0.39, 0.29) is 64.4 Å². The molecule has 3 heterocycles. The van der Waals surface area contributed by atoms with Gasteiger partial charge in [0, 0.05) is 36.0 Å². The van der Waals surface area contributed by atoms with Crippen LogP contribution in [0.25, 0.3) is 11.1 Å². The maximum absolute atomic E-state index is 18.6. The number of amides is 1. The van der Waals surface area contributed by atoms with E-state index in [1.54, 1.807) is 35.2 Å². The number of fused-ring (bicyclic) bond motifs is 1. The van der Waals surface area contributed by atoms with Gasteiger partial charge in [-0.3, -0.25) is 18.9 Å². The first kappa shape index (κ1) is 25.7. The summed E-state index contributed by atoms with van der Waals surface area (Å²) < 4.78 is 63.6. The van der Waals surface area contributed by atoms with E-state index in [9.17, 15) is 19.4 Å². The normalized spacial score (nSPS) is 22.3. The van der Waals surface area contributed by atoms with E-state index in [2.05, 4.69) is 9.97 Å². The van der Waals surface area contributed by atoms with Crippen molar-refractivity contribution < 1.29 is 34.1 Å². The largest absolute Gasteiger partial charge is 0.396 e. The minimum absolute atomic E-state index is 0.130. The van der Waals surface area contributed by atoms with Crippen molar-refractivity contribution in [2.24, 2.45) is 5.92 Å². The van der Waals surface area contributed by atoms with Gasteiger partial charge in [-0.1, -0.05) is 41.4 Å². The third-order valence-corrected chi connectivity index (χ3v) is 8.32. The Morgan fingerprint density at radius 3 is 2.36 bits per heavy atom. The Bertz CT molecular complexity index is 1560. The molecule has 1 aromatic heterocycles. The topological polar surface area (TPSA) is 99.0 Å². The highest BCUT2D eigenvalue weighted by Crippen LogP contribution is 2.50. The lowest BCUT2D eigenvalue weighted by Gasteiger charge is -2.45. The number of aliphatic hydroxyl groups is 2. The van der Waals surface area contributed by atoms with Crippen molar-refractivity contribution in [1.82, 2.24) is 19.9 Å². The number of rotatable bonds is 11. The van der Waals surface area contributed by atoms with E-state index >= 15 is 4.39 Å². The summed E-state index contributed by atoms with van der Waals surface area (Å²) in [4.78, 5) is 29.4. The molecule has 0 bridgehead atoms. The van der Waals surface area contributed by atoms with Crippen molar-refractivity contribution >= 4 is 29.1 Å². The number of carbonyl (C=O) groups is 1. The van der Waals surface area contributed by atoms with Gasteiger partial charge in [0.2, 0.25) is 0 Å². The molecule has 3 aromatic rings. The number of hydrogen-bond acceptors (Lipinski definition) is 7. The molecular formula is C30H32Cl2F2N4O4. The monoisotopic (exact) mass is 624 g/mol. The summed E-state index contributed by atoms with van der Waals surface area (Å²) in [6.45, 7) is -7.95. The maximum Gasteiger partial charge on any atom is 0.281 e. The minimum atomic E-state index is -3.65. The molecule has 1 saturated heterocycles. The van der Waals surface area contributed by atoms with E-state index < -0.39 is 44.1 Å². The number of hydrogen-bond donors (Lipinski definition) is 2. The van der Waals surface area contributed by atoms with Crippen LogP contribution in [0.2, 0.25) is 10.0 Å². The van der Waals surface area contributed by atoms with Gasteiger partial charge in [-0.2, -0.15) is 5.06 Å². The van der Waals surface area contributed by atoms with Crippen LogP contribution >= 0.6 is 23.2 Å². The van der Waals surface area contributed by atoms with Gasteiger partial charge in [0.25, 0.3) is 11.7 Å². The molecule has 42 heavy (non-hydrogen) atoms. The summed E-state index contributed by atoms with van der Waals surface area (Å²) in [5.74, 6) is -4.23. The fourth-order valence-electron chi connectivity index (χ4n) is 5.89. The fourth-order valence-corrected chi connectivity index (χ4v) is 6.11. The minimum Gasteiger partial charge on any atom is -0.396 e. The van der Waals surface area contributed by atoms with Crippen LogP contribution in [0.15, 0.2) is 48.8 Å². The molecule has 1 unspecified atom stereocenters. The van der Waals surface area contributed by atoms with Crippen LogP contribution in [0, 0.1) is 5.92 Å². The SMILES string of the molecule is [2H]C([2H])(O)C([2H])([2H])ON1C(=O)c2ccc(-c3ccc(Cl)cc3)c(Cc3ncc(Cl)cn3)c2[C@@]1(F)C(CCO)N1CCC(CF)CC1. The van der Waals surface area contributed by atoms with Crippen LogP contribution in [0.3, 0.4) is 0 Å². The lowest BCUT2D eigenvalue weighted by atomic mass is 9.83. The molecule has 12 heteroatoms. The number of nitrogens with zero attached hydrogens (tertiary/aromatic N) is 4. The second kappa shape index (κ2) is 13.3. The molecule has 2 aromatic carbocycles. The number of benzene rings is 2. The standard InChI is InChI=1S/C30H32Cl2F2N4O4/c31-21-3-1-20(2-4-21)23-5-6-24-28(25(23)15-27-35-17-22(32)18-36-27)30(34,38(29(24)41)42-14-13-40)26(9-12-39)37-10-7-19(16-33)8-11-37/h1-6,17-19,26,39-40H,7-16H2/t26?,30-/m1/s1/i13D2,14D2. The zero-order valence-corrected chi connectivity index (χ0v) is 24.0. The zero-order valence-electron chi connectivity index (χ0n) is 26.4. The summed E-state index contributed by atoms with van der Waals surface area (Å²) in [6, 6.07) is 8.26. The number of piperidine rings is 1. The first-order valence-corrected chi connectivity index (χ1v) is 14.2. The molecule has 2 aliphatic heterocycles. The molecular weight excluding hydrogens is 589 g/mol. The summed E-state index contributed by atoms with van der Waals surface area (Å²) in [6.07, 6.45) is 3.06. The molecule has 5 rings (SSSR count).